The second-order valence-electron chi connectivity index (χ2n) is 5.67. The van der Waals surface area contributed by atoms with Crippen molar-refractivity contribution >= 4 is 11.8 Å². The van der Waals surface area contributed by atoms with Crippen molar-refractivity contribution in [1.29, 1.82) is 0 Å². The van der Waals surface area contributed by atoms with Crippen LogP contribution in [0.4, 0.5) is 0 Å². The van der Waals surface area contributed by atoms with Crippen molar-refractivity contribution in [1.82, 2.24) is 10.6 Å². The quantitative estimate of drug-likeness (QED) is 0.482. The Balaban J connectivity index is 3.32. The van der Waals surface area contributed by atoms with Crippen molar-refractivity contribution in [3.63, 3.8) is 0 Å². The van der Waals surface area contributed by atoms with Gasteiger partial charge in [-0.3, -0.25) is 9.59 Å². The number of hydrogen-bond acceptors (Lipinski definition) is 2. The van der Waals surface area contributed by atoms with Crippen LogP contribution in [0.2, 0.25) is 0 Å². The predicted molar refractivity (Wildman–Crippen MR) is 88.2 cm³/mol. The molecule has 0 aromatic rings. The molecule has 124 valence electrons. The van der Waals surface area contributed by atoms with Crippen LogP contribution < -0.4 is 10.6 Å². The Morgan fingerprint density at radius 2 is 1.10 bits per heavy atom. The van der Waals surface area contributed by atoms with Crippen LogP contribution in [0.5, 0.6) is 0 Å². The van der Waals surface area contributed by atoms with Crippen LogP contribution in [-0.2, 0) is 9.59 Å². The van der Waals surface area contributed by atoms with Gasteiger partial charge < -0.3 is 10.6 Å². The van der Waals surface area contributed by atoms with Crippen LogP contribution in [0.3, 0.4) is 0 Å². The number of rotatable bonds is 14. The summed E-state index contributed by atoms with van der Waals surface area (Å²) in [6.07, 6.45) is 11.0. The molecule has 0 atom stereocenters. The molecule has 2 amide bonds. The molecule has 0 aromatic heterocycles. The van der Waals surface area contributed by atoms with Crippen molar-refractivity contribution < 1.29 is 9.59 Å². The van der Waals surface area contributed by atoms with E-state index in [9.17, 15) is 9.59 Å². The summed E-state index contributed by atoms with van der Waals surface area (Å²) in [7, 11) is 0. The number of carbonyl (C=O) groups excluding carboxylic acids is 2. The Labute approximate surface area is 130 Å². The lowest BCUT2D eigenvalue weighted by Gasteiger charge is -2.06. The number of hydrogen-bond donors (Lipinski definition) is 2. The first kappa shape index (κ1) is 19.9. The fourth-order valence-electron chi connectivity index (χ4n) is 2.15. The molecule has 0 spiro atoms. The zero-order chi connectivity index (χ0) is 15.8. The molecule has 4 nitrogen and oxygen atoms in total. The summed E-state index contributed by atoms with van der Waals surface area (Å²) in [5, 5.41) is 5.81. The van der Waals surface area contributed by atoms with Gasteiger partial charge in [0.1, 0.15) is 0 Å². The van der Waals surface area contributed by atoms with E-state index < -0.39 is 0 Å². The van der Waals surface area contributed by atoms with Crippen LogP contribution in [0, 0.1) is 0 Å². The maximum absolute atomic E-state index is 11.5. The highest BCUT2D eigenvalue weighted by Gasteiger charge is 2.03. The third kappa shape index (κ3) is 15.2. The van der Waals surface area contributed by atoms with Crippen molar-refractivity contribution in [3.05, 3.63) is 0 Å². The van der Waals surface area contributed by atoms with E-state index in [4.69, 9.17) is 0 Å². The van der Waals surface area contributed by atoms with E-state index in [1.807, 2.05) is 0 Å². The lowest BCUT2D eigenvalue weighted by atomic mass is 10.1. The van der Waals surface area contributed by atoms with E-state index in [1.165, 1.54) is 32.1 Å². The minimum absolute atomic E-state index is 0.101. The molecule has 0 unspecified atom stereocenters. The second-order valence-corrected chi connectivity index (χ2v) is 5.67. The maximum Gasteiger partial charge on any atom is 0.220 e. The molecule has 0 fully saturated rings. The summed E-state index contributed by atoms with van der Waals surface area (Å²) in [5.74, 6) is 0.217. The van der Waals surface area contributed by atoms with Crippen molar-refractivity contribution in [3.8, 4) is 0 Å². The summed E-state index contributed by atoms with van der Waals surface area (Å²) < 4.78 is 0. The zero-order valence-corrected chi connectivity index (χ0v) is 14.0. The molecule has 0 rings (SSSR count). The molecule has 0 aliphatic rings. The highest BCUT2D eigenvalue weighted by Crippen LogP contribution is 2.02. The van der Waals surface area contributed by atoms with E-state index in [0.717, 1.165) is 32.2 Å². The monoisotopic (exact) mass is 298 g/mol. The Morgan fingerprint density at radius 1 is 0.619 bits per heavy atom. The van der Waals surface area contributed by atoms with Gasteiger partial charge in [-0.2, -0.15) is 0 Å². The molecule has 0 aliphatic heterocycles. The first-order valence-corrected chi connectivity index (χ1v) is 8.74. The average molecular weight is 298 g/mol. The van der Waals surface area contributed by atoms with Gasteiger partial charge in [0.15, 0.2) is 0 Å². The van der Waals surface area contributed by atoms with Crippen molar-refractivity contribution in [2.24, 2.45) is 0 Å². The maximum atomic E-state index is 11.5. The Bertz CT molecular complexity index is 268. The van der Waals surface area contributed by atoms with Crippen molar-refractivity contribution in [2.75, 3.05) is 13.1 Å². The summed E-state index contributed by atoms with van der Waals surface area (Å²) in [4.78, 5) is 23.1. The fourth-order valence-corrected chi connectivity index (χ4v) is 2.15. The van der Waals surface area contributed by atoms with Gasteiger partial charge in [-0.25, -0.2) is 0 Å². The largest absolute Gasteiger partial charge is 0.356 e. The molecule has 0 aliphatic carbocycles. The molecule has 0 saturated heterocycles. The molecule has 4 heteroatoms. The van der Waals surface area contributed by atoms with Gasteiger partial charge in [0.05, 0.1) is 0 Å². The summed E-state index contributed by atoms with van der Waals surface area (Å²) in [6.45, 7) is 5.73. The fraction of sp³-hybridized carbons (Fsp3) is 0.882. The standard InChI is InChI=1S/C17H34N2O2/c1-3-5-7-9-12-16(20)19-15-11-13-17(21)18-14-10-8-6-4-2/h3-15H2,1-2H3,(H,18,21)(H,19,20). The van der Waals surface area contributed by atoms with Gasteiger partial charge in [-0.1, -0.05) is 52.4 Å². The SMILES string of the molecule is CCCCCCNC(=O)CCCNC(=O)CCCCCC. The van der Waals surface area contributed by atoms with Crippen LogP contribution >= 0.6 is 0 Å². The van der Waals surface area contributed by atoms with Crippen LogP contribution in [0.1, 0.15) is 84.5 Å². The summed E-state index contributed by atoms with van der Waals surface area (Å²) >= 11 is 0. The minimum Gasteiger partial charge on any atom is -0.356 e. The van der Waals surface area contributed by atoms with Gasteiger partial charge in [-0.15, -0.1) is 0 Å². The molecule has 0 radical (unpaired) electrons. The summed E-state index contributed by atoms with van der Waals surface area (Å²) in [6, 6.07) is 0. The van der Waals surface area contributed by atoms with Gasteiger partial charge in [0.25, 0.3) is 0 Å². The van der Waals surface area contributed by atoms with Gasteiger partial charge >= 0.3 is 0 Å². The van der Waals surface area contributed by atoms with Crippen LogP contribution in [0.15, 0.2) is 0 Å². The first-order valence-electron chi connectivity index (χ1n) is 8.74. The number of nitrogens with one attached hydrogen (secondary N) is 2. The Hall–Kier alpha value is -1.06. The lowest BCUT2D eigenvalue weighted by Crippen LogP contribution is -2.27. The molecule has 0 aromatic carbocycles. The average Bonchev–Trinajstić information content (AvgIpc) is 2.48. The first-order chi connectivity index (χ1) is 10.2. The normalized spacial score (nSPS) is 10.4. The number of amides is 2. The van der Waals surface area contributed by atoms with Gasteiger partial charge in [0.2, 0.25) is 11.8 Å². The topological polar surface area (TPSA) is 58.2 Å². The molecule has 21 heavy (non-hydrogen) atoms. The predicted octanol–water partition coefficient (Wildman–Crippen LogP) is 3.55. The Kier molecular flexibility index (Phi) is 14.6. The lowest BCUT2D eigenvalue weighted by molar-refractivity contribution is -0.123. The highest BCUT2D eigenvalue weighted by atomic mass is 16.2. The minimum atomic E-state index is 0.101. The van der Waals surface area contributed by atoms with E-state index in [0.29, 0.717) is 19.4 Å². The van der Waals surface area contributed by atoms with Gasteiger partial charge in [-0.05, 0) is 19.3 Å². The molecule has 0 heterocycles. The van der Waals surface area contributed by atoms with Crippen molar-refractivity contribution in [2.45, 2.75) is 84.5 Å². The third-order valence-corrected chi connectivity index (χ3v) is 3.51. The number of carbonyl (C=O) groups is 2. The molecule has 0 bridgehead atoms. The van der Waals surface area contributed by atoms with E-state index in [-0.39, 0.29) is 11.8 Å². The highest BCUT2D eigenvalue weighted by molar-refractivity contribution is 5.77. The number of unbranched alkanes of at least 4 members (excludes halogenated alkanes) is 6. The Morgan fingerprint density at radius 3 is 1.67 bits per heavy atom. The molecule has 0 saturated carbocycles. The zero-order valence-electron chi connectivity index (χ0n) is 14.0. The van der Waals surface area contributed by atoms with E-state index in [2.05, 4.69) is 24.5 Å². The molecular weight excluding hydrogens is 264 g/mol. The van der Waals surface area contributed by atoms with Gasteiger partial charge in [0, 0.05) is 25.9 Å². The van der Waals surface area contributed by atoms with Crippen LogP contribution in [-0.4, -0.2) is 24.9 Å². The van der Waals surface area contributed by atoms with E-state index in [1.54, 1.807) is 0 Å². The molecular formula is C17H34N2O2. The van der Waals surface area contributed by atoms with Crippen LogP contribution in [0.25, 0.3) is 0 Å². The van der Waals surface area contributed by atoms with E-state index >= 15 is 0 Å². The summed E-state index contributed by atoms with van der Waals surface area (Å²) in [5.41, 5.74) is 0. The smallest absolute Gasteiger partial charge is 0.220 e. The third-order valence-electron chi connectivity index (χ3n) is 3.51. The second kappa shape index (κ2) is 15.3. The molecule has 2 N–H and O–H groups in total.